The van der Waals surface area contributed by atoms with Crippen molar-refractivity contribution in [3.8, 4) is 0 Å². The molecule has 1 aromatic rings. The van der Waals surface area contributed by atoms with Gasteiger partial charge in [0.2, 0.25) is 0 Å². The highest BCUT2D eigenvalue weighted by molar-refractivity contribution is 14.1. The Bertz CT molecular complexity index is 408. The number of alkyl halides is 1. The monoisotopic (exact) mass is 339 g/mol. The van der Waals surface area contributed by atoms with Crippen molar-refractivity contribution in [2.75, 3.05) is 5.88 Å². The van der Waals surface area contributed by atoms with Gasteiger partial charge in [-0.3, -0.25) is 14.9 Å². The summed E-state index contributed by atoms with van der Waals surface area (Å²) in [5.74, 6) is -0.216. The van der Waals surface area contributed by atoms with E-state index < -0.39 is 4.92 Å². The fourth-order valence-corrected chi connectivity index (χ4v) is 1.93. The van der Waals surface area contributed by atoms with Gasteiger partial charge in [-0.05, 0) is 34.2 Å². The Morgan fingerprint density at radius 1 is 1.47 bits per heavy atom. The van der Waals surface area contributed by atoms with E-state index in [0.29, 0.717) is 5.56 Å². The van der Waals surface area contributed by atoms with Gasteiger partial charge in [-0.25, -0.2) is 0 Å². The van der Waals surface area contributed by atoms with Crippen molar-refractivity contribution in [1.82, 2.24) is 0 Å². The molecule has 0 radical (unpaired) electrons. The highest BCUT2D eigenvalue weighted by Crippen LogP contribution is 2.19. The van der Waals surface area contributed by atoms with Crippen LogP contribution in [-0.2, 0) is 11.2 Å². The molecule has 0 saturated carbocycles. The first-order chi connectivity index (χ1) is 7.02. The third-order valence-corrected chi connectivity index (χ3v) is 2.62. The van der Waals surface area contributed by atoms with Crippen LogP contribution in [0.4, 0.5) is 5.69 Å². The Labute approximate surface area is 105 Å². The molecular weight excluding hydrogens is 332 g/mol. The summed E-state index contributed by atoms with van der Waals surface area (Å²) in [7, 11) is 0. The Morgan fingerprint density at radius 3 is 2.67 bits per heavy atom. The number of ketones is 1. The first-order valence-electron chi connectivity index (χ1n) is 4.04. The minimum absolute atomic E-state index is 0.000674. The number of benzene rings is 1. The van der Waals surface area contributed by atoms with Crippen molar-refractivity contribution < 1.29 is 9.72 Å². The van der Waals surface area contributed by atoms with Crippen LogP contribution in [0.5, 0.6) is 0 Å². The molecule has 0 atom stereocenters. The van der Waals surface area contributed by atoms with Crippen LogP contribution in [0, 0.1) is 13.7 Å². The molecule has 4 nitrogen and oxygen atoms in total. The highest BCUT2D eigenvalue weighted by Gasteiger charge is 2.10. The van der Waals surface area contributed by atoms with Gasteiger partial charge in [0.1, 0.15) is 0 Å². The molecule has 0 bridgehead atoms. The number of hydrogen-bond acceptors (Lipinski definition) is 3. The zero-order chi connectivity index (χ0) is 11.4. The summed E-state index contributed by atoms with van der Waals surface area (Å²) in [6, 6.07) is 4.58. The zero-order valence-corrected chi connectivity index (χ0v) is 10.5. The second-order valence-electron chi connectivity index (χ2n) is 2.92. The summed E-state index contributed by atoms with van der Waals surface area (Å²) in [5, 5.41) is 10.6. The van der Waals surface area contributed by atoms with Crippen LogP contribution in [-0.4, -0.2) is 16.6 Å². The second-order valence-corrected chi connectivity index (χ2v) is 4.44. The van der Waals surface area contributed by atoms with Crippen molar-refractivity contribution in [2.24, 2.45) is 0 Å². The average molecular weight is 340 g/mol. The van der Waals surface area contributed by atoms with E-state index in [-0.39, 0.29) is 23.8 Å². The van der Waals surface area contributed by atoms with Gasteiger partial charge in [0.15, 0.2) is 5.78 Å². The van der Waals surface area contributed by atoms with Gasteiger partial charge in [-0.1, -0.05) is 0 Å². The van der Waals surface area contributed by atoms with Crippen LogP contribution >= 0.6 is 34.2 Å². The normalized spacial score (nSPS) is 10.0. The van der Waals surface area contributed by atoms with Gasteiger partial charge in [0.25, 0.3) is 5.69 Å². The minimum atomic E-state index is -0.475. The van der Waals surface area contributed by atoms with Gasteiger partial charge in [0.05, 0.1) is 10.8 Å². The quantitative estimate of drug-likeness (QED) is 0.366. The Morgan fingerprint density at radius 2 is 2.13 bits per heavy atom. The first kappa shape index (κ1) is 12.4. The van der Waals surface area contributed by atoms with Crippen LogP contribution in [0.3, 0.4) is 0 Å². The molecule has 0 aromatic heterocycles. The van der Waals surface area contributed by atoms with E-state index in [1.165, 1.54) is 12.1 Å². The summed E-state index contributed by atoms with van der Waals surface area (Å²) >= 11 is 7.33. The molecule has 0 aliphatic carbocycles. The summed E-state index contributed by atoms with van der Waals surface area (Å²) in [5.41, 5.74) is 0.624. The van der Waals surface area contributed by atoms with E-state index in [4.69, 9.17) is 11.6 Å². The number of nitro benzene ring substituents is 1. The van der Waals surface area contributed by atoms with Gasteiger partial charge >= 0.3 is 0 Å². The molecule has 0 saturated heterocycles. The van der Waals surface area contributed by atoms with E-state index in [9.17, 15) is 14.9 Å². The summed E-state index contributed by atoms with van der Waals surface area (Å²) in [6.45, 7) is 0. The van der Waals surface area contributed by atoms with E-state index >= 15 is 0 Å². The van der Waals surface area contributed by atoms with Crippen molar-refractivity contribution in [3.63, 3.8) is 0 Å². The van der Waals surface area contributed by atoms with E-state index in [1.807, 2.05) is 22.6 Å². The Kier molecular flexibility index (Phi) is 4.46. The number of carbonyl (C=O) groups is 1. The summed E-state index contributed by atoms with van der Waals surface area (Å²) in [4.78, 5) is 21.1. The van der Waals surface area contributed by atoms with E-state index in [2.05, 4.69) is 0 Å². The Balaban J connectivity index is 2.98. The molecule has 1 rings (SSSR count). The molecule has 6 heteroatoms. The van der Waals surface area contributed by atoms with Crippen LogP contribution in [0.2, 0.25) is 0 Å². The van der Waals surface area contributed by atoms with Gasteiger partial charge in [-0.15, -0.1) is 11.6 Å². The molecule has 0 aliphatic heterocycles. The van der Waals surface area contributed by atoms with Crippen molar-refractivity contribution in [3.05, 3.63) is 37.4 Å². The molecule has 80 valence electrons. The molecule has 0 fully saturated rings. The lowest BCUT2D eigenvalue weighted by Crippen LogP contribution is -2.04. The predicted octanol–water partition coefficient (Wildman–Crippen LogP) is 2.55. The second kappa shape index (κ2) is 5.41. The maximum atomic E-state index is 11.1. The predicted molar refractivity (Wildman–Crippen MR) is 65.2 cm³/mol. The number of rotatable bonds is 4. The molecule has 0 N–H and O–H groups in total. The first-order valence-corrected chi connectivity index (χ1v) is 5.66. The number of Topliss-reactive ketones (excluding diaryl/α,β-unsaturated/α-hetero) is 1. The molecule has 0 amide bonds. The van der Waals surface area contributed by atoms with Crippen LogP contribution in [0.1, 0.15) is 5.56 Å². The number of halogens is 2. The number of nitro groups is 1. The highest BCUT2D eigenvalue weighted by atomic mass is 127. The summed E-state index contributed by atoms with van der Waals surface area (Å²) in [6.07, 6.45) is 0.140. The van der Waals surface area contributed by atoms with Crippen LogP contribution in [0.25, 0.3) is 0 Å². The third-order valence-electron chi connectivity index (χ3n) is 1.70. The van der Waals surface area contributed by atoms with Gasteiger partial charge in [0, 0.05) is 22.1 Å². The topological polar surface area (TPSA) is 60.2 Å². The largest absolute Gasteiger partial charge is 0.298 e. The van der Waals surface area contributed by atoms with Crippen molar-refractivity contribution in [2.45, 2.75) is 6.42 Å². The van der Waals surface area contributed by atoms with Crippen LogP contribution < -0.4 is 0 Å². The number of hydrogen-bond donors (Lipinski definition) is 0. The van der Waals surface area contributed by atoms with Gasteiger partial charge in [-0.2, -0.15) is 0 Å². The zero-order valence-electron chi connectivity index (χ0n) is 7.57. The average Bonchev–Trinajstić information content (AvgIpc) is 2.16. The third kappa shape index (κ3) is 3.75. The lowest BCUT2D eigenvalue weighted by Gasteiger charge is -2.00. The maximum Gasteiger partial charge on any atom is 0.270 e. The Hall–Kier alpha value is -0.690. The minimum Gasteiger partial charge on any atom is -0.298 e. The smallest absolute Gasteiger partial charge is 0.270 e. The molecule has 0 spiro atoms. The molecule has 1 aromatic carbocycles. The maximum absolute atomic E-state index is 11.1. The standard InChI is InChI=1S/C9H7ClINO3/c10-5-9(13)3-6-1-7(11)4-8(2-6)12(14)15/h1-2,4H,3,5H2. The molecule has 0 unspecified atom stereocenters. The van der Waals surface area contributed by atoms with Crippen molar-refractivity contribution in [1.29, 1.82) is 0 Å². The van der Waals surface area contributed by atoms with Crippen molar-refractivity contribution >= 4 is 45.7 Å². The number of nitrogens with zero attached hydrogens (tertiary/aromatic N) is 1. The molecule has 0 aliphatic rings. The molecule has 0 heterocycles. The fourth-order valence-electron chi connectivity index (χ4n) is 1.12. The molecular formula is C9H7ClINO3. The lowest BCUT2D eigenvalue weighted by molar-refractivity contribution is -0.385. The van der Waals surface area contributed by atoms with E-state index in [1.54, 1.807) is 6.07 Å². The summed E-state index contributed by atoms with van der Waals surface area (Å²) < 4.78 is 0.735. The van der Waals surface area contributed by atoms with Crippen LogP contribution in [0.15, 0.2) is 18.2 Å². The molecule has 15 heavy (non-hydrogen) atoms. The van der Waals surface area contributed by atoms with E-state index in [0.717, 1.165) is 3.57 Å². The number of carbonyl (C=O) groups excluding carboxylic acids is 1. The van der Waals surface area contributed by atoms with Gasteiger partial charge < -0.3 is 0 Å². The fraction of sp³-hybridized carbons (Fsp3) is 0.222. The number of non-ortho nitro benzene ring substituents is 1. The lowest BCUT2D eigenvalue weighted by atomic mass is 10.1. The SMILES string of the molecule is O=C(CCl)Cc1cc(I)cc([N+](=O)[O-])c1.